The van der Waals surface area contributed by atoms with Gasteiger partial charge < -0.3 is 15.8 Å². The second-order valence-corrected chi connectivity index (χ2v) is 4.89. The van der Waals surface area contributed by atoms with E-state index in [1.165, 1.54) is 17.5 Å². The quantitative estimate of drug-likeness (QED) is 0.841. The first-order valence-corrected chi connectivity index (χ1v) is 6.32. The fourth-order valence-corrected chi connectivity index (χ4v) is 2.51. The van der Waals surface area contributed by atoms with Gasteiger partial charge in [0.2, 0.25) is 0 Å². The van der Waals surface area contributed by atoms with Gasteiger partial charge in [0.15, 0.2) is 0 Å². The normalized spacial score (nSPS) is 24.6. The fourth-order valence-electron chi connectivity index (χ4n) is 2.51. The Kier molecular flexibility index (Phi) is 4.02. The Hall–Kier alpha value is -1.06. The van der Waals surface area contributed by atoms with Gasteiger partial charge in [-0.2, -0.15) is 0 Å². The molecule has 1 aliphatic rings. The molecule has 1 aromatic carbocycles. The van der Waals surface area contributed by atoms with Crippen LogP contribution in [0.3, 0.4) is 0 Å². The van der Waals surface area contributed by atoms with E-state index in [1.54, 1.807) is 7.11 Å². The van der Waals surface area contributed by atoms with Gasteiger partial charge in [0.05, 0.1) is 7.11 Å². The molecular weight excluding hydrogens is 212 g/mol. The molecule has 94 valence electrons. The minimum absolute atomic E-state index is 0.410. The van der Waals surface area contributed by atoms with E-state index < -0.39 is 0 Å². The van der Waals surface area contributed by atoms with Gasteiger partial charge in [0, 0.05) is 11.6 Å². The molecule has 2 atom stereocenters. The average molecular weight is 234 g/mol. The maximum atomic E-state index is 5.70. The van der Waals surface area contributed by atoms with Crippen molar-refractivity contribution in [3.63, 3.8) is 0 Å². The molecule has 0 bridgehead atoms. The summed E-state index contributed by atoms with van der Waals surface area (Å²) < 4.78 is 5.44. The van der Waals surface area contributed by atoms with Crippen molar-refractivity contribution in [3.05, 3.63) is 29.3 Å². The summed E-state index contributed by atoms with van der Waals surface area (Å²) in [5.41, 5.74) is 8.26. The largest absolute Gasteiger partial charge is 0.496 e. The minimum Gasteiger partial charge on any atom is -0.496 e. The zero-order valence-corrected chi connectivity index (χ0v) is 10.7. The van der Waals surface area contributed by atoms with Crippen LogP contribution in [0.15, 0.2) is 18.2 Å². The van der Waals surface area contributed by atoms with Crippen molar-refractivity contribution in [2.24, 2.45) is 11.7 Å². The zero-order chi connectivity index (χ0) is 12.3. The predicted octanol–water partition coefficient (Wildman–Crippen LogP) is 2.00. The molecule has 17 heavy (non-hydrogen) atoms. The van der Waals surface area contributed by atoms with E-state index >= 15 is 0 Å². The number of methoxy groups -OCH3 is 1. The minimum atomic E-state index is 0.410. The highest BCUT2D eigenvalue weighted by Crippen LogP contribution is 2.32. The number of ether oxygens (including phenoxy) is 1. The lowest BCUT2D eigenvalue weighted by Gasteiger charge is -2.30. The molecule has 3 nitrogen and oxygen atoms in total. The number of hydrogen-bond donors (Lipinski definition) is 2. The van der Waals surface area contributed by atoms with Crippen LogP contribution in [0.25, 0.3) is 0 Å². The molecule has 0 amide bonds. The third-order valence-electron chi connectivity index (χ3n) is 3.61. The molecule has 1 fully saturated rings. The lowest BCUT2D eigenvalue weighted by atomic mass is 9.90. The van der Waals surface area contributed by atoms with Crippen LogP contribution < -0.4 is 15.8 Å². The van der Waals surface area contributed by atoms with Gasteiger partial charge in [0.1, 0.15) is 5.75 Å². The predicted molar refractivity (Wildman–Crippen MR) is 70.3 cm³/mol. The average Bonchev–Trinajstić information content (AvgIpc) is 2.39. The Morgan fingerprint density at radius 1 is 1.41 bits per heavy atom. The Labute approximate surface area is 103 Å². The van der Waals surface area contributed by atoms with Gasteiger partial charge in [-0.1, -0.05) is 17.7 Å². The highest BCUT2D eigenvalue weighted by Gasteiger charge is 2.23. The summed E-state index contributed by atoms with van der Waals surface area (Å²) >= 11 is 0. The summed E-state index contributed by atoms with van der Waals surface area (Å²) in [6.07, 6.45) is 2.34. The Morgan fingerprint density at radius 3 is 2.82 bits per heavy atom. The number of piperidine rings is 1. The molecule has 0 aromatic heterocycles. The maximum Gasteiger partial charge on any atom is 0.123 e. The van der Waals surface area contributed by atoms with Crippen LogP contribution in [0.1, 0.15) is 30.0 Å². The Morgan fingerprint density at radius 2 is 2.24 bits per heavy atom. The summed E-state index contributed by atoms with van der Waals surface area (Å²) in [7, 11) is 1.74. The number of benzene rings is 1. The van der Waals surface area contributed by atoms with Crippen LogP contribution in [0, 0.1) is 12.8 Å². The molecule has 1 aliphatic heterocycles. The standard InChI is InChI=1S/C14H22N2O/c1-10-3-6-14(17-2)12(7-10)13-5-4-11(8-15)9-16-13/h3,6-7,11,13,16H,4-5,8-9,15H2,1-2H3. The molecule has 0 radical (unpaired) electrons. The number of nitrogens with one attached hydrogen (secondary N) is 1. The van der Waals surface area contributed by atoms with Crippen LogP contribution in [-0.2, 0) is 0 Å². The summed E-state index contributed by atoms with van der Waals surface area (Å²) in [6, 6.07) is 6.78. The summed E-state index contributed by atoms with van der Waals surface area (Å²) in [4.78, 5) is 0. The number of nitrogens with two attached hydrogens (primary N) is 1. The van der Waals surface area contributed by atoms with Crippen molar-refractivity contribution in [2.45, 2.75) is 25.8 Å². The van der Waals surface area contributed by atoms with E-state index in [9.17, 15) is 0 Å². The lowest BCUT2D eigenvalue weighted by Crippen LogP contribution is -2.36. The van der Waals surface area contributed by atoms with Crippen molar-refractivity contribution >= 4 is 0 Å². The Balaban J connectivity index is 2.14. The maximum absolute atomic E-state index is 5.70. The van der Waals surface area contributed by atoms with Crippen molar-refractivity contribution in [2.75, 3.05) is 20.2 Å². The first-order valence-electron chi connectivity index (χ1n) is 6.32. The number of aryl methyl sites for hydroxylation is 1. The third-order valence-corrected chi connectivity index (χ3v) is 3.61. The van der Waals surface area contributed by atoms with E-state index in [-0.39, 0.29) is 0 Å². The SMILES string of the molecule is COc1ccc(C)cc1C1CCC(CN)CN1. The first kappa shape index (κ1) is 12.4. The fraction of sp³-hybridized carbons (Fsp3) is 0.571. The van der Waals surface area contributed by atoms with Crippen LogP contribution in [0.4, 0.5) is 0 Å². The van der Waals surface area contributed by atoms with Gasteiger partial charge in [-0.3, -0.25) is 0 Å². The third kappa shape index (κ3) is 2.79. The molecule has 1 heterocycles. The number of hydrogen-bond acceptors (Lipinski definition) is 3. The molecule has 1 saturated heterocycles. The molecule has 3 N–H and O–H groups in total. The van der Waals surface area contributed by atoms with E-state index in [4.69, 9.17) is 10.5 Å². The number of rotatable bonds is 3. The van der Waals surface area contributed by atoms with Gasteiger partial charge in [-0.25, -0.2) is 0 Å². The van der Waals surface area contributed by atoms with Crippen molar-refractivity contribution in [1.82, 2.24) is 5.32 Å². The van der Waals surface area contributed by atoms with Gasteiger partial charge in [-0.15, -0.1) is 0 Å². The summed E-state index contributed by atoms with van der Waals surface area (Å²) in [5.74, 6) is 1.61. The smallest absolute Gasteiger partial charge is 0.123 e. The van der Waals surface area contributed by atoms with Crippen LogP contribution >= 0.6 is 0 Å². The summed E-state index contributed by atoms with van der Waals surface area (Å²) in [6.45, 7) is 3.91. The second kappa shape index (κ2) is 5.52. The van der Waals surface area contributed by atoms with Crippen molar-refractivity contribution in [3.8, 4) is 5.75 Å². The van der Waals surface area contributed by atoms with Crippen LogP contribution in [0.2, 0.25) is 0 Å². The van der Waals surface area contributed by atoms with Gasteiger partial charge >= 0.3 is 0 Å². The van der Waals surface area contributed by atoms with Gasteiger partial charge in [0.25, 0.3) is 0 Å². The highest BCUT2D eigenvalue weighted by atomic mass is 16.5. The molecule has 2 rings (SSSR count). The molecular formula is C14H22N2O. The van der Waals surface area contributed by atoms with E-state index in [0.717, 1.165) is 25.3 Å². The molecule has 1 aromatic rings. The zero-order valence-electron chi connectivity index (χ0n) is 10.7. The molecule has 0 aliphatic carbocycles. The Bertz CT molecular complexity index is 370. The topological polar surface area (TPSA) is 47.3 Å². The van der Waals surface area contributed by atoms with Crippen LogP contribution in [0.5, 0.6) is 5.75 Å². The van der Waals surface area contributed by atoms with Crippen molar-refractivity contribution in [1.29, 1.82) is 0 Å². The molecule has 0 saturated carbocycles. The van der Waals surface area contributed by atoms with E-state index in [1.807, 2.05) is 0 Å². The highest BCUT2D eigenvalue weighted by molar-refractivity contribution is 5.39. The molecule has 3 heteroatoms. The van der Waals surface area contributed by atoms with E-state index in [0.29, 0.717) is 12.0 Å². The molecule has 0 spiro atoms. The monoisotopic (exact) mass is 234 g/mol. The first-order chi connectivity index (χ1) is 8.24. The molecule has 2 unspecified atom stereocenters. The lowest BCUT2D eigenvalue weighted by molar-refractivity contribution is 0.311. The van der Waals surface area contributed by atoms with E-state index in [2.05, 4.69) is 30.4 Å². The second-order valence-electron chi connectivity index (χ2n) is 4.89. The van der Waals surface area contributed by atoms with Crippen LogP contribution in [-0.4, -0.2) is 20.2 Å². The summed E-state index contributed by atoms with van der Waals surface area (Å²) in [5, 5.41) is 3.58. The van der Waals surface area contributed by atoms with Crippen molar-refractivity contribution < 1.29 is 4.74 Å². The van der Waals surface area contributed by atoms with Gasteiger partial charge in [-0.05, 0) is 44.8 Å².